The van der Waals surface area contributed by atoms with Crippen molar-refractivity contribution < 1.29 is 37.1 Å². The van der Waals surface area contributed by atoms with E-state index in [2.05, 4.69) is 6.92 Å². The van der Waals surface area contributed by atoms with E-state index >= 15 is 0 Å². The average molecular weight is 467 g/mol. The van der Waals surface area contributed by atoms with E-state index in [-0.39, 0.29) is 6.04 Å². The summed E-state index contributed by atoms with van der Waals surface area (Å²) in [5.74, 6) is -1.77. The Bertz CT molecular complexity index is 783. The van der Waals surface area contributed by atoms with Crippen molar-refractivity contribution >= 4 is 26.7 Å². The summed E-state index contributed by atoms with van der Waals surface area (Å²) in [5.41, 5.74) is 2.00. The van der Waals surface area contributed by atoms with Gasteiger partial charge in [0.2, 0.25) is 5.79 Å². The molecule has 0 amide bonds. The van der Waals surface area contributed by atoms with Crippen molar-refractivity contribution in [2.75, 3.05) is 0 Å². The molecule has 0 radical (unpaired) electrons. The molecule has 9 heteroatoms. The molecule has 1 aliphatic rings. The molecule has 0 fully saturated rings. The minimum Gasteiger partial charge on any atom is -0.462 e. The molecule has 1 aromatic carbocycles. The third-order valence-electron chi connectivity index (χ3n) is 5.06. The summed E-state index contributed by atoms with van der Waals surface area (Å²) < 4.78 is 27.8. The van der Waals surface area contributed by atoms with Gasteiger partial charge in [0.15, 0.2) is 0 Å². The maximum Gasteiger partial charge on any atom is 0.705 e. The molecule has 32 heavy (non-hydrogen) atoms. The molecule has 1 aliphatic heterocycles. The van der Waals surface area contributed by atoms with Gasteiger partial charge in [0.25, 0.3) is 17.9 Å². The van der Waals surface area contributed by atoms with Gasteiger partial charge in [-0.15, -0.1) is 0 Å². The third-order valence-corrected chi connectivity index (χ3v) is 7.83. The third kappa shape index (κ3) is 7.94. The number of hydrogen-bond acceptors (Lipinski definition) is 8. The highest BCUT2D eigenvalue weighted by Crippen LogP contribution is 2.35. The van der Waals surface area contributed by atoms with Crippen LogP contribution < -0.4 is 4.74 Å². The zero-order valence-electron chi connectivity index (χ0n) is 19.7. The fourth-order valence-electron chi connectivity index (χ4n) is 3.69. The smallest absolute Gasteiger partial charge is 0.462 e. The Morgan fingerprint density at radius 2 is 1.62 bits per heavy atom. The minimum atomic E-state index is -3.80. The lowest BCUT2D eigenvalue weighted by Crippen LogP contribution is -2.49. The first-order chi connectivity index (χ1) is 15.1. The number of hydrogen-bond donors (Lipinski definition) is 0. The fraction of sp³-hybridized carbons (Fsp3) is 0.609. The second-order valence-corrected chi connectivity index (χ2v) is 10.7. The normalized spacial score (nSPS) is 17.7. The molecule has 1 heterocycles. The average Bonchev–Trinajstić information content (AvgIpc) is 2.66. The summed E-state index contributed by atoms with van der Waals surface area (Å²) in [5, 5.41) is 0. The van der Waals surface area contributed by atoms with E-state index in [0.29, 0.717) is 19.4 Å². The van der Waals surface area contributed by atoms with Crippen LogP contribution in [0.2, 0.25) is 6.04 Å². The maximum absolute atomic E-state index is 11.6. The molecule has 2 rings (SSSR count). The number of benzene rings is 1. The number of ether oxygens (including phenoxy) is 2. The lowest BCUT2D eigenvalue weighted by atomic mass is 10.0. The van der Waals surface area contributed by atoms with Crippen LogP contribution in [0.1, 0.15) is 77.8 Å². The van der Waals surface area contributed by atoms with Gasteiger partial charge in [-0.2, -0.15) is 0 Å². The Balaban J connectivity index is 2.03. The van der Waals surface area contributed by atoms with E-state index in [1.54, 1.807) is 0 Å². The van der Waals surface area contributed by atoms with E-state index in [0.717, 1.165) is 42.6 Å². The standard InChI is InChI=1S/C23H34O8Si/c1-6-7-8-13-23(5)27-16-21-15-20(11-12-22(21)28-23)10-9-14-32(29-17(2)24,30-18(3)25)31-19(4)26/h11-12,15H,6-10,13-14,16H2,1-5H3. The summed E-state index contributed by atoms with van der Waals surface area (Å²) in [6, 6.07) is 6.09. The van der Waals surface area contributed by atoms with Crippen LogP contribution in [0.5, 0.6) is 5.75 Å². The highest BCUT2D eigenvalue weighted by Gasteiger charge is 2.51. The Labute approximate surface area is 190 Å². The highest BCUT2D eigenvalue weighted by atomic mass is 28.4. The molecule has 1 unspecified atom stereocenters. The Morgan fingerprint density at radius 3 is 2.19 bits per heavy atom. The van der Waals surface area contributed by atoms with Gasteiger partial charge in [0.05, 0.1) is 12.7 Å². The van der Waals surface area contributed by atoms with Gasteiger partial charge in [-0.05, 0) is 37.0 Å². The Hall–Kier alpha value is -2.39. The number of carbonyl (C=O) groups is 3. The summed E-state index contributed by atoms with van der Waals surface area (Å²) >= 11 is 0. The minimum absolute atomic E-state index is 0.144. The van der Waals surface area contributed by atoms with Gasteiger partial charge < -0.3 is 22.8 Å². The van der Waals surface area contributed by atoms with Crippen molar-refractivity contribution in [1.29, 1.82) is 0 Å². The van der Waals surface area contributed by atoms with Crippen LogP contribution in [0.3, 0.4) is 0 Å². The van der Waals surface area contributed by atoms with Gasteiger partial charge in [-0.3, -0.25) is 14.4 Å². The molecule has 0 saturated carbocycles. The quantitative estimate of drug-likeness (QED) is 0.348. The largest absolute Gasteiger partial charge is 0.705 e. The number of aryl methyl sites for hydroxylation is 1. The van der Waals surface area contributed by atoms with Crippen molar-refractivity contribution in [1.82, 2.24) is 0 Å². The van der Waals surface area contributed by atoms with Crippen LogP contribution in [-0.4, -0.2) is 32.5 Å². The van der Waals surface area contributed by atoms with Gasteiger partial charge >= 0.3 is 8.80 Å². The topological polar surface area (TPSA) is 97.4 Å². The van der Waals surface area contributed by atoms with E-state index in [1.165, 1.54) is 20.8 Å². The van der Waals surface area contributed by atoms with E-state index in [4.69, 9.17) is 22.8 Å². The number of rotatable bonds is 11. The van der Waals surface area contributed by atoms with Gasteiger partial charge in [-0.1, -0.05) is 25.8 Å². The van der Waals surface area contributed by atoms with Crippen LogP contribution in [0.15, 0.2) is 18.2 Å². The lowest BCUT2D eigenvalue weighted by molar-refractivity contribution is -0.198. The van der Waals surface area contributed by atoms with Gasteiger partial charge in [-0.25, -0.2) is 0 Å². The maximum atomic E-state index is 11.6. The van der Waals surface area contributed by atoms with Crippen molar-refractivity contribution in [2.24, 2.45) is 0 Å². The highest BCUT2D eigenvalue weighted by molar-refractivity contribution is 6.65. The molecule has 0 saturated heterocycles. The SMILES string of the molecule is CCCCCC1(C)OCc2cc(CCC[Si](OC(C)=O)(OC(C)=O)OC(C)=O)ccc2O1. The first-order valence-corrected chi connectivity index (χ1v) is 13.0. The molecule has 0 aromatic heterocycles. The van der Waals surface area contributed by atoms with Gasteiger partial charge in [0.1, 0.15) is 5.75 Å². The lowest BCUT2D eigenvalue weighted by Gasteiger charge is -2.36. The molecular weight excluding hydrogens is 432 g/mol. The Kier molecular flexibility index (Phi) is 9.27. The van der Waals surface area contributed by atoms with E-state index in [9.17, 15) is 14.4 Å². The second kappa shape index (κ2) is 11.5. The monoisotopic (exact) mass is 466 g/mol. The van der Waals surface area contributed by atoms with Gasteiger partial charge in [0, 0.05) is 39.7 Å². The molecule has 0 N–H and O–H groups in total. The second-order valence-electron chi connectivity index (χ2n) is 8.24. The molecule has 0 bridgehead atoms. The Morgan fingerprint density at radius 1 is 1.00 bits per heavy atom. The molecule has 1 atom stereocenters. The molecule has 0 spiro atoms. The van der Waals surface area contributed by atoms with Crippen molar-refractivity contribution in [3.05, 3.63) is 29.3 Å². The zero-order chi connectivity index (χ0) is 23.8. The van der Waals surface area contributed by atoms with Crippen molar-refractivity contribution in [2.45, 2.75) is 91.6 Å². The molecule has 1 aromatic rings. The zero-order valence-corrected chi connectivity index (χ0v) is 20.7. The summed E-state index contributed by atoms with van der Waals surface area (Å²) in [6.07, 6.45) is 5.30. The molecular formula is C23H34O8Si. The number of carbonyl (C=O) groups excluding carboxylic acids is 3. The fourth-order valence-corrected chi connectivity index (χ4v) is 6.05. The summed E-state index contributed by atoms with van der Waals surface area (Å²) in [6.45, 7) is 8.18. The molecule has 8 nitrogen and oxygen atoms in total. The first kappa shape index (κ1) is 25.9. The van der Waals surface area contributed by atoms with Crippen LogP contribution >= 0.6 is 0 Å². The number of fused-ring (bicyclic) bond motifs is 1. The van der Waals surface area contributed by atoms with Crippen LogP contribution in [0, 0.1) is 0 Å². The molecule has 0 aliphatic carbocycles. The predicted molar refractivity (Wildman–Crippen MR) is 119 cm³/mol. The van der Waals surface area contributed by atoms with Crippen LogP contribution in [0.25, 0.3) is 0 Å². The van der Waals surface area contributed by atoms with Crippen molar-refractivity contribution in [3.63, 3.8) is 0 Å². The molecule has 178 valence electrons. The van der Waals surface area contributed by atoms with Crippen molar-refractivity contribution in [3.8, 4) is 5.75 Å². The summed E-state index contributed by atoms with van der Waals surface area (Å²) in [4.78, 5) is 34.7. The predicted octanol–water partition coefficient (Wildman–Crippen LogP) is 4.45. The first-order valence-electron chi connectivity index (χ1n) is 11.1. The summed E-state index contributed by atoms with van der Waals surface area (Å²) in [7, 11) is -3.80. The van der Waals surface area contributed by atoms with E-state index < -0.39 is 32.5 Å². The number of unbranched alkanes of at least 4 members (excludes halogenated alkanes) is 2. The van der Waals surface area contributed by atoms with Crippen LogP contribution in [-0.2, 0) is 45.4 Å². The van der Waals surface area contributed by atoms with Crippen LogP contribution in [0.4, 0.5) is 0 Å². The van der Waals surface area contributed by atoms with E-state index in [1.807, 2.05) is 25.1 Å².